The van der Waals surface area contributed by atoms with E-state index in [1.807, 2.05) is 38.1 Å². The monoisotopic (exact) mass is 346 g/mol. The molecule has 0 saturated carbocycles. The summed E-state index contributed by atoms with van der Waals surface area (Å²) in [7, 11) is 1.64. The lowest BCUT2D eigenvalue weighted by Crippen LogP contribution is -2.21. The standard InChI is InChI=1S/C20H26O5/c1-20(2)24-15-19(25-20)12-9-17(21)6-4-5-13-23-14-16-7-10-18(22-3)11-8-16/h7-8,10-11,19H,6,9,12-15H2,1-3H3/t19-/m0/s1. The number of rotatable bonds is 8. The molecule has 1 fully saturated rings. The molecule has 1 aliphatic heterocycles. The summed E-state index contributed by atoms with van der Waals surface area (Å²) in [6, 6.07) is 7.68. The Balaban J connectivity index is 1.56. The highest BCUT2D eigenvalue weighted by atomic mass is 16.7. The van der Waals surface area contributed by atoms with Crippen LogP contribution in [0.2, 0.25) is 0 Å². The molecule has 0 bridgehead atoms. The van der Waals surface area contributed by atoms with Gasteiger partial charge >= 0.3 is 0 Å². The molecule has 5 heteroatoms. The third-order valence-electron chi connectivity index (χ3n) is 3.83. The van der Waals surface area contributed by atoms with Crippen molar-refractivity contribution in [1.29, 1.82) is 0 Å². The van der Waals surface area contributed by atoms with Crippen LogP contribution in [0.5, 0.6) is 5.75 Å². The largest absolute Gasteiger partial charge is 0.497 e. The van der Waals surface area contributed by atoms with E-state index in [0.29, 0.717) is 32.7 Å². The minimum absolute atomic E-state index is 0.000242. The average Bonchev–Trinajstić information content (AvgIpc) is 2.95. The fourth-order valence-corrected chi connectivity index (χ4v) is 2.47. The number of carbonyl (C=O) groups is 1. The summed E-state index contributed by atoms with van der Waals surface area (Å²) < 4.78 is 21.7. The highest BCUT2D eigenvalue weighted by Gasteiger charge is 2.32. The molecule has 5 nitrogen and oxygen atoms in total. The topological polar surface area (TPSA) is 54.0 Å². The van der Waals surface area contributed by atoms with Gasteiger partial charge in [-0.25, -0.2) is 0 Å². The molecule has 1 heterocycles. The molecule has 0 spiro atoms. The van der Waals surface area contributed by atoms with Crippen LogP contribution in [-0.2, 0) is 25.6 Å². The van der Waals surface area contributed by atoms with Crippen molar-refractivity contribution in [3.05, 3.63) is 29.8 Å². The van der Waals surface area contributed by atoms with E-state index in [1.165, 1.54) is 0 Å². The van der Waals surface area contributed by atoms with E-state index in [1.54, 1.807) is 7.11 Å². The fraction of sp³-hybridized carbons (Fsp3) is 0.550. The molecule has 0 radical (unpaired) electrons. The van der Waals surface area contributed by atoms with Gasteiger partial charge in [0.2, 0.25) is 0 Å². The molecule has 1 aliphatic rings. The quantitative estimate of drug-likeness (QED) is 0.535. The van der Waals surface area contributed by atoms with Gasteiger partial charge in [0, 0.05) is 6.42 Å². The molecular weight excluding hydrogens is 320 g/mol. The molecule has 0 amide bonds. The van der Waals surface area contributed by atoms with Crippen molar-refractivity contribution in [3.8, 4) is 17.6 Å². The molecule has 0 unspecified atom stereocenters. The second-order valence-corrected chi connectivity index (χ2v) is 6.40. The summed E-state index contributed by atoms with van der Waals surface area (Å²) in [6.07, 6.45) is 1.39. The van der Waals surface area contributed by atoms with Crippen LogP contribution < -0.4 is 4.74 Å². The zero-order valence-electron chi connectivity index (χ0n) is 15.2. The first-order valence-corrected chi connectivity index (χ1v) is 8.48. The zero-order chi connectivity index (χ0) is 18.1. The number of ether oxygens (including phenoxy) is 4. The van der Waals surface area contributed by atoms with Gasteiger partial charge in [-0.15, -0.1) is 0 Å². The Labute approximate surface area is 149 Å². The summed E-state index contributed by atoms with van der Waals surface area (Å²) in [5, 5.41) is 0. The lowest BCUT2D eigenvalue weighted by Gasteiger charge is -2.16. The molecule has 1 atom stereocenters. The smallest absolute Gasteiger partial charge is 0.163 e. The van der Waals surface area contributed by atoms with Crippen LogP contribution in [0.3, 0.4) is 0 Å². The van der Waals surface area contributed by atoms with Gasteiger partial charge in [-0.3, -0.25) is 4.79 Å². The first-order valence-electron chi connectivity index (χ1n) is 8.48. The fourth-order valence-electron chi connectivity index (χ4n) is 2.47. The summed E-state index contributed by atoms with van der Waals surface area (Å²) >= 11 is 0. The highest BCUT2D eigenvalue weighted by molar-refractivity contribution is 5.80. The second kappa shape index (κ2) is 9.57. The van der Waals surface area contributed by atoms with Crippen LogP contribution in [0.1, 0.15) is 38.7 Å². The van der Waals surface area contributed by atoms with E-state index in [0.717, 1.165) is 11.3 Å². The molecule has 2 rings (SSSR count). The minimum atomic E-state index is -0.533. The summed E-state index contributed by atoms with van der Waals surface area (Å²) in [5.41, 5.74) is 1.06. The molecule has 25 heavy (non-hydrogen) atoms. The van der Waals surface area contributed by atoms with Crippen molar-refractivity contribution in [2.45, 2.75) is 51.6 Å². The Hall–Kier alpha value is -1.87. The van der Waals surface area contributed by atoms with Crippen molar-refractivity contribution in [2.24, 2.45) is 0 Å². The molecule has 1 saturated heterocycles. The summed E-state index contributed by atoms with van der Waals surface area (Å²) in [4.78, 5) is 11.8. The van der Waals surface area contributed by atoms with Crippen LogP contribution in [0.4, 0.5) is 0 Å². The molecule has 136 valence electrons. The summed E-state index contributed by atoms with van der Waals surface area (Å²) in [6.45, 7) is 5.11. The van der Waals surface area contributed by atoms with Crippen LogP contribution in [0.25, 0.3) is 0 Å². The van der Waals surface area contributed by atoms with E-state index in [2.05, 4.69) is 11.8 Å². The Bertz CT molecular complexity index is 609. The maximum Gasteiger partial charge on any atom is 0.163 e. The van der Waals surface area contributed by atoms with Gasteiger partial charge in [0.15, 0.2) is 5.79 Å². The van der Waals surface area contributed by atoms with Crippen molar-refractivity contribution in [3.63, 3.8) is 0 Å². The van der Waals surface area contributed by atoms with Crippen molar-refractivity contribution < 1.29 is 23.7 Å². The maximum absolute atomic E-state index is 11.8. The number of hydrogen-bond donors (Lipinski definition) is 0. The third-order valence-corrected chi connectivity index (χ3v) is 3.83. The van der Waals surface area contributed by atoms with Gasteiger partial charge in [0.1, 0.15) is 18.1 Å². The van der Waals surface area contributed by atoms with E-state index in [9.17, 15) is 4.79 Å². The van der Waals surface area contributed by atoms with E-state index >= 15 is 0 Å². The molecular formula is C20H26O5. The van der Waals surface area contributed by atoms with Crippen LogP contribution >= 0.6 is 0 Å². The molecule has 0 aromatic heterocycles. The molecule has 0 aliphatic carbocycles. The Kier molecular flexibility index (Phi) is 7.45. The van der Waals surface area contributed by atoms with Crippen LogP contribution in [0.15, 0.2) is 24.3 Å². The average molecular weight is 346 g/mol. The Morgan fingerprint density at radius 2 is 2.04 bits per heavy atom. The maximum atomic E-state index is 11.8. The second-order valence-electron chi connectivity index (χ2n) is 6.40. The third kappa shape index (κ3) is 7.27. The Morgan fingerprint density at radius 3 is 2.68 bits per heavy atom. The van der Waals surface area contributed by atoms with Crippen molar-refractivity contribution in [2.75, 3.05) is 20.3 Å². The van der Waals surface area contributed by atoms with Gasteiger partial charge in [-0.2, -0.15) is 0 Å². The number of hydrogen-bond acceptors (Lipinski definition) is 5. The minimum Gasteiger partial charge on any atom is -0.497 e. The van der Waals surface area contributed by atoms with Gasteiger partial charge in [0.05, 0.1) is 32.8 Å². The van der Waals surface area contributed by atoms with Crippen molar-refractivity contribution >= 4 is 5.78 Å². The molecule has 1 aromatic carbocycles. The highest BCUT2D eigenvalue weighted by Crippen LogP contribution is 2.24. The number of Topliss-reactive ketones (excluding diaryl/α,β-unsaturated/α-hetero) is 1. The predicted octanol–water partition coefficient (Wildman–Crippen LogP) is 3.11. The molecule has 0 N–H and O–H groups in total. The summed E-state index contributed by atoms with van der Waals surface area (Å²) in [5.74, 6) is 6.15. The lowest BCUT2D eigenvalue weighted by molar-refractivity contribution is -0.140. The number of ketones is 1. The van der Waals surface area contributed by atoms with Crippen LogP contribution in [0, 0.1) is 11.8 Å². The van der Waals surface area contributed by atoms with E-state index in [-0.39, 0.29) is 18.3 Å². The lowest BCUT2D eigenvalue weighted by atomic mass is 10.1. The number of benzene rings is 1. The number of carbonyl (C=O) groups excluding carboxylic acids is 1. The molecule has 1 aromatic rings. The van der Waals surface area contributed by atoms with Gasteiger partial charge in [-0.1, -0.05) is 24.0 Å². The SMILES string of the molecule is COc1ccc(COCC#CCC(=O)CC[C@H]2COC(C)(C)O2)cc1. The van der Waals surface area contributed by atoms with Gasteiger partial charge in [0.25, 0.3) is 0 Å². The van der Waals surface area contributed by atoms with Gasteiger partial charge < -0.3 is 18.9 Å². The van der Waals surface area contributed by atoms with E-state index < -0.39 is 5.79 Å². The first-order chi connectivity index (χ1) is 12.0. The van der Waals surface area contributed by atoms with E-state index in [4.69, 9.17) is 18.9 Å². The van der Waals surface area contributed by atoms with Gasteiger partial charge in [-0.05, 0) is 38.0 Å². The Morgan fingerprint density at radius 1 is 1.28 bits per heavy atom. The number of methoxy groups -OCH3 is 1. The van der Waals surface area contributed by atoms with Crippen LogP contribution in [-0.4, -0.2) is 38.0 Å². The first kappa shape index (κ1) is 19.5. The van der Waals surface area contributed by atoms with Crippen molar-refractivity contribution in [1.82, 2.24) is 0 Å². The predicted molar refractivity (Wildman–Crippen MR) is 94.2 cm³/mol. The normalized spacial score (nSPS) is 18.4. The zero-order valence-corrected chi connectivity index (χ0v) is 15.2.